The summed E-state index contributed by atoms with van der Waals surface area (Å²) in [5, 5.41) is 11.7. The maximum Gasteiger partial charge on any atom is 0.270 e. The first-order valence-corrected chi connectivity index (χ1v) is 8.48. The van der Waals surface area contributed by atoms with Crippen LogP contribution >= 0.6 is 11.6 Å². The van der Waals surface area contributed by atoms with Gasteiger partial charge in [-0.2, -0.15) is 0 Å². The van der Waals surface area contributed by atoms with E-state index in [9.17, 15) is 14.9 Å². The van der Waals surface area contributed by atoms with Gasteiger partial charge in [0.25, 0.3) is 5.69 Å². The molecule has 1 heterocycles. The minimum absolute atomic E-state index is 0.0826. The van der Waals surface area contributed by atoms with Crippen LogP contribution in [0.2, 0.25) is 5.02 Å². The lowest BCUT2D eigenvalue weighted by atomic mass is 10.00. The molecule has 0 atom stereocenters. The van der Waals surface area contributed by atoms with Crippen LogP contribution in [-0.4, -0.2) is 43.9 Å². The second kappa shape index (κ2) is 7.21. The number of halogens is 1. The van der Waals surface area contributed by atoms with Crippen LogP contribution in [0.25, 0.3) is 0 Å². The van der Waals surface area contributed by atoms with Crippen molar-refractivity contribution in [2.75, 3.05) is 38.1 Å². The first-order chi connectivity index (χ1) is 12.0. The van der Waals surface area contributed by atoms with Crippen LogP contribution in [0, 0.1) is 10.1 Å². The van der Waals surface area contributed by atoms with Gasteiger partial charge < -0.3 is 9.80 Å². The monoisotopic (exact) mass is 360 g/mol. The third kappa shape index (κ3) is 3.81. The minimum atomic E-state index is -0.476. The number of ketones is 1. The molecule has 0 bridgehead atoms. The second-order valence-corrected chi connectivity index (χ2v) is 6.68. The SMILES string of the molecule is C[NH+]1CCN(c2ccc([N+](=O)[O-])cc2C(=O)c2ccc(Cl)cc2)CC1. The summed E-state index contributed by atoms with van der Waals surface area (Å²) in [4.78, 5) is 27.2. The Balaban J connectivity index is 2.02. The maximum atomic E-state index is 13.0. The highest BCUT2D eigenvalue weighted by molar-refractivity contribution is 6.30. The maximum absolute atomic E-state index is 13.0. The lowest BCUT2D eigenvalue weighted by Gasteiger charge is -2.32. The van der Waals surface area contributed by atoms with Gasteiger partial charge in [0.1, 0.15) is 0 Å². The molecular weight excluding hydrogens is 342 g/mol. The molecule has 0 unspecified atom stereocenters. The van der Waals surface area contributed by atoms with Crippen LogP contribution in [0.3, 0.4) is 0 Å². The van der Waals surface area contributed by atoms with Crippen LogP contribution in [0.5, 0.6) is 0 Å². The number of nitrogens with one attached hydrogen (secondary N) is 1. The van der Waals surface area contributed by atoms with Gasteiger partial charge in [-0.05, 0) is 30.3 Å². The molecule has 0 aliphatic carbocycles. The zero-order valence-corrected chi connectivity index (χ0v) is 14.6. The Kier molecular flexibility index (Phi) is 5.01. The molecular formula is C18H19ClN3O3+. The molecule has 0 radical (unpaired) electrons. The summed E-state index contributed by atoms with van der Waals surface area (Å²) in [7, 11) is 2.13. The minimum Gasteiger partial charge on any atom is -0.360 e. The molecule has 1 aliphatic rings. The Hall–Kier alpha value is -2.44. The molecule has 1 aliphatic heterocycles. The van der Waals surface area contributed by atoms with E-state index >= 15 is 0 Å². The zero-order chi connectivity index (χ0) is 18.0. The number of likely N-dealkylation sites (N-methyl/N-ethyl adjacent to an activating group) is 1. The molecule has 0 aromatic heterocycles. The number of nitro groups is 1. The Labute approximate surface area is 150 Å². The Morgan fingerprint density at radius 3 is 2.40 bits per heavy atom. The highest BCUT2D eigenvalue weighted by Gasteiger charge is 2.24. The Morgan fingerprint density at radius 1 is 1.16 bits per heavy atom. The number of non-ortho nitro benzene ring substituents is 1. The fraction of sp³-hybridized carbons (Fsp3) is 0.278. The number of anilines is 1. The highest BCUT2D eigenvalue weighted by atomic mass is 35.5. The molecule has 1 fully saturated rings. The van der Waals surface area contributed by atoms with Crippen molar-refractivity contribution in [3.05, 3.63) is 68.7 Å². The van der Waals surface area contributed by atoms with Gasteiger partial charge in [0.05, 0.1) is 43.7 Å². The van der Waals surface area contributed by atoms with E-state index < -0.39 is 4.92 Å². The van der Waals surface area contributed by atoms with Gasteiger partial charge in [-0.25, -0.2) is 0 Å². The third-order valence-electron chi connectivity index (χ3n) is 4.50. The predicted molar refractivity (Wildman–Crippen MR) is 96.8 cm³/mol. The fourth-order valence-electron chi connectivity index (χ4n) is 2.98. The van der Waals surface area contributed by atoms with Crippen molar-refractivity contribution < 1.29 is 14.6 Å². The molecule has 2 aromatic carbocycles. The van der Waals surface area contributed by atoms with Gasteiger partial charge in [0.15, 0.2) is 5.78 Å². The molecule has 0 spiro atoms. The predicted octanol–water partition coefficient (Wildman–Crippen LogP) is 1.81. The highest BCUT2D eigenvalue weighted by Crippen LogP contribution is 2.28. The van der Waals surface area contributed by atoms with Gasteiger partial charge in [-0.3, -0.25) is 14.9 Å². The smallest absolute Gasteiger partial charge is 0.270 e. The molecule has 1 saturated heterocycles. The molecule has 2 aromatic rings. The molecule has 7 heteroatoms. The summed E-state index contributed by atoms with van der Waals surface area (Å²) in [6, 6.07) is 11.1. The summed E-state index contributed by atoms with van der Waals surface area (Å²) in [6.07, 6.45) is 0. The van der Waals surface area contributed by atoms with Crippen molar-refractivity contribution in [2.24, 2.45) is 0 Å². The van der Waals surface area contributed by atoms with E-state index in [1.54, 1.807) is 30.3 Å². The third-order valence-corrected chi connectivity index (χ3v) is 4.75. The first-order valence-electron chi connectivity index (χ1n) is 8.10. The van der Waals surface area contributed by atoms with Crippen molar-refractivity contribution >= 4 is 28.8 Å². The normalized spacial score (nSPS) is 15.2. The lowest BCUT2D eigenvalue weighted by molar-refractivity contribution is -0.880. The number of quaternary nitrogens is 1. The summed E-state index contributed by atoms with van der Waals surface area (Å²) < 4.78 is 0. The standard InChI is InChI=1S/C18H18ClN3O3/c1-20-8-10-21(11-9-20)17-7-6-15(22(24)25)12-16(17)18(23)13-2-4-14(19)5-3-13/h2-7,12H,8-11H2,1H3/p+1. The topological polar surface area (TPSA) is 67.9 Å². The van der Waals surface area contributed by atoms with E-state index in [-0.39, 0.29) is 11.5 Å². The van der Waals surface area contributed by atoms with Crippen LogP contribution in [-0.2, 0) is 0 Å². The summed E-state index contributed by atoms with van der Waals surface area (Å²) >= 11 is 5.88. The largest absolute Gasteiger partial charge is 0.360 e. The van der Waals surface area contributed by atoms with Gasteiger partial charge in [0, 0.05) is 28.4 Å². The number of carbonyl (C=O) groups is 1. The quantitative estimate of drug-likeness (QED) is 0.513. The average Bonchev–Trinajstić information content (AvgIpc) is 2.62. The molecule has 0 amide bonds. The number of nitrogens with zero attached hydrogens (tertiary/aromatic N) is 2. The fourth-order valence-corrected chi connectivity index (χ4v) is 3.11. The zero-order valence-electron chi connectivity index (χ0n) is 13.9. The number of rotatable bonds is 4. The number of carbonyl (C=O) groups excluding carboxylic acids is 1. The lowest BCUT2D eigenvalue weighted by Crippen LogP contribution is -3.12. The van der Waals surface area contributed by atoms with E-state index in [1.807, 2.05) is 0 Å². The molecule has 6 nitrogen and oxygen atoms in total. The first kappa shape index (κ1) is 17.4. The molecule has 0 saturated carbocycles. The van der Waals surface area contributed by atoms with Gasteiger partial charge >= 0.3 is 0 Å². The summed E-state index contributed by atoms with van der Waals surface area (Å²) in [5.41, 5.74) is 1.49. The number of hydrogen-bond donors (Lipinski definition) is 1. The summed E-state index contributed by atoms with van der Waals surface area (Å²) in [6.45, 7) is 3.55. The van der Waals surface area contributed by atoms with E-state index in [0.717, 1.165) is 31.9 Å². The average molecular weight is 361 g/mol. The van der Waals surface area contributed by atoms with Crippen LogP contribution in [0.4, 0.5) is 11.4 Å². The van der Waals surface area contributed by atoms with Crippen molar-refractivity contribution in [3.8, 4) is 0 Å². The van der Waals surface area contributed by atoms with E-state index in [1.165, 1.54) is 17.0 Å². The number of hydrogen-bond acceptors (Lipinski definition) is 4. The Morgan fingerprint density at radius 2 is 1.80 bits per heavy atom. The van der Waals surface area contributed by atoms with Gasteiger partial charge in [-0.15, -0.1) is 0 Å². The van der Waals surface area contributed by atoms with E-state index in [0.29, 0.717) is 16.1 Å². The number of nitro benzene ring substituents is 1. The van der Waals surface area contributed by atoms with E-state index in [4.69, 9.17) is 11.6 Å². The van der Waals surface area contributed by atoms with Gasteiger partial charge in [0.2, 0.25) is 0 Å². The summed E-state index contributed by atoms with van der Waals surface area (Å²) in [5.74, 6) is -0.235. The number of piperazine rings is 1. The molecule has 25 heavy (non-hydrogen) atoms. The Bertz CT molecular complexity index is 800. The van der Waals surface area contributed by atoms with Crippen molar-refractivity contribution in [1.82, 2.24) is 0 Å². The van der Waals surface area contributed by atoms with Crippen molar-refractivity contribution in [2.45, 2.75) is 0 Å². The molecule has 3 rings (SSSR count). The number of benzene rings is 2. The van der Waals surface area contributed by atoms with Crippen LogP contribution < -0.4 is 9.80 Å². The van der Waals surface area contributed by atoms with E-state index in [2.05, 4.69) is 11.9 Å². The van der Waals surface area contributed by atoms with Crippen LogP contribution in [0.15, 0.2) is 42.5 Å². The second-order valence-electron chi connectivity index (χ2n) is 6.24. The van der Waals surface area contributed by atoms with Crippen molar-refractivity contribution in [3.63, 3.8) is 0 Å². The van der Waals surface area contributed by atoms with Gasteiger partial charge in [-0.1, -0.05) is 11.6 Å². The van der Waals surface area contributed by atoms with Crippen LogP contribution in [0.1, 0.15) is 15.9 Å². The van der Waals surface area contributed by atoms with Crippen molar-refractivity contribution in [1.29, 1.82) is 0 Å². The molecule has 1 N–H and O–H groups in total. The molecule has 130 valence electrons.